The summed E-state index contributed by atoms with van der Waals surface area (Å²) in [5, 5.41) is 2.68. The van der Waals surface area contributed by atoms with Crippen LogP contribution in [0.2, 0.25) is 0 Å². The zero-order valence-electron chi connectivity index (χ0n) is 7.49. The number of nitrogens with one attached hydrogen (secondary N) is 1. The number of hydrogen-bond donors (Lipinski definition) is 2. The number of alkyl halides is 3. The topological polar surface area (TPSA) is 50.4 Å². The van der Waals surface area contributed by atoms with E-state index >= 15 is 0 Å². The lowest BCUT2D eigenvalue weighted by molar-refractivity contribution is -0.135. The van der Waals surface area contributed by atoms with Crippen LogP contribution in [0.25, 0.3) is 0 Å². The van der Waals surface area contributed by atoms with Gasteiger partial charge in [-0.15, -0.1) is 0 Å². The fourth-order valence-corrected chi connectivity index (χ4v) is 0.746. The van der Waals surface area contributed by atoms with E-state index in [4.69, 9.17) is 5.73 Å². The first-order valence-corrected chi connectivity index (χ1v) is 3.98. The Hall–Kier alpha value is -0.940. The van der Waals surface area contributed by atoms with Crippen LogP contribution in [0, 0.1) is 0 Å². The molecule has 0 atom stereocenters. The van der Waals surface area contributed by atoms with Gasteiger partial charge in [0.05, 0.1) is 0 Å². The van der Waals surface area contributed by atoms with Gasteiger partial charge in [-0.3, -0.25) is 4.99 Å². The van der Waals surface area contributed by atoms with E-state index in [0.717, 1.165) is 0 Å². The van der Waals surface area contributed by atoms with Gasteiger partial charge in [-0.1, -0.05) is 0 Å². The van der Waals surface area contributed by atoms with Crippen molar-refractivity contribution in [3.8, 4) is 0 Å². The molecule has 0 bridgehead atoms. The van der Waals surface area contributed by atoms with Crippen LogP contribution < -0.4 is 11.1 Å². The van der Waals surface area contributed by atoms with Gasteiger partial charge in [0, 0.05) is 20.0 Å². The molecule has 13 heavy (non-hydrogen) atoms. The van der Waals surface area contributed by atoms with Crippen molar-refractivity contribution in [2.45, 2.75) is 25.4 Å². The SMILES string of the molecule is CN=C(N)NCCCCC(F)(F)F. The van der Waals surface area contributed by atoms with E-state index in [1.165, 1.54) is 7.05 Å². The van der Waals surface area contributed by atoms with E-state index in [-0.39, 0.29) is 12.4 Å². The third-order valence-corrected chi connectivity index (χ3v) is 1.43. The summed E-state index contributed by atoms with van der Waals surface area (Å²) < 4.78 is 34.9. The zero-order valence-corrected chi connectivity index (χ0v) is 7.49. The van der Waals surface area contributed by atoms with Crippen molar-refractivity contribution < 1.29 is 13.2 Å². The molecule has 0 unspecified atom stereocenters. The fraction of sp³-hybridized carbons (Fsp3) is 0.857. The van der Waals surface area contributed by atoms with Crippen LogP contribution in [0.1, 0.15) is 19.3 Å². The lowest BCUT2D eigenvalue weighted by Crippen LogP contribution is -2.32. The lowest BCUT2D eigenvalue weighted by atomic mass is 10.2. The highest BCUT2D eigenvalue weighted by Crippen LogP contribution is 2.21. The van der Waals surface area contributed by atoms with Gasteiger partial charge in [-0.2, -0.15) is 13.2 Å². The maximum atomic E-state index is 11.6. The Morgan fingerprint density at radius 1 is 1.38 bits per heavy atom. The molecule has 3 nitrogen and oxygen atoms in total. The van der Waals surface area contributed by atoms with E-state index in [0.29, 0.717) is 13.0 Å². The number of nitrogens with zero attached hydrogens (tertiary/aromatic N) is 1. The third-order valence-electron chi connectivity index (χ3n) is 1.43. The fourth-order valence-electron chi connectivity index (χ4n) is 0.746. The van der Waals surface area contributed by atoms with Crippen molar-refractivity contribution in [3.63, 3.8) is 0 Å². The first-order chi connectivity index (χ1) is 5.95. The number of aliphatic imine (C=N–C) groups is 1. The summed E-state index contributed by atoms with van der Waals surface area (Å²) in [4.78, 5) is 3.60. The number of rotatable bonds is 4. The smallest absolute Gasteiger partial charge is 0.370 e. The number of guanidine groups is 1. The Balaban J connectivity index is 3.28. The van der Waals surface area contributed by atoms with Crippen molar-refractivity contribution in [2.75, 3.05) is 13.6 Å². The maximum absolute atomic E-state index is 11.6. The highest BCUT2D eigenvalue weighted by Gasteiger charge is 2.25. The van der Waals surface area contributed by atoms with Gasteiger partial charge in [-0.05, 0) is 12.8 Å². The van der Waals surface area contributed by atoms with Crippen LogP contribution >= 0.6 is 0 Å². The quantitative estimate of drug-likeness (QED) is 0.405. The Labute approximate surface area is 75.2 Å². The second-order valence-corrected chi connectivity index (χ2v) is 2.61. The van der Waals surface area contributed by atoms with Gasteiger partial charge in [0.2, 0.25) is 0 Å². The summed E-state index contributed by atoms with van der Waals surface area (Å²) in [5.74, 6) is 0.256. The lowest BCUT2D eigenvalue weighted by Gasteiger charge is -2.06. The number of hydrogen-bond acceptors (Lipinski definition) is 1. The molecule has 0 saturated carbocycles. The van der Waals surface area contributed by atoms with E-state index < -0.39 is 12.6 Å². The Morgan fingerprint density at radius 2 is 2.00 bits per heavy atom. The molecule has 6 heteroatoms. The second-order valence-electron chi connectivity index (χ2n) is 2.61. The average Bonchev–Trinajstić information content (AvgIpc) is 2.01. The Morgan fingerprint density at radius 3 is 2.46 bits per heavy atom. The molecule has 0 spiro atoms. The van der Waals surface area contributed by atoms with E-state index in [2.05, 4.69) is 10.3 Å². The average molecular weight is 197 g/mol. The van der Waals surface area contributed by atoms with Gasteiger partial charge in [0.15, 0.2) is 5.96 Å². The molecular weight excluding hydrogens is 183 g/mol. The summed E-state index contributed by atoms with van der Waals surface area (Å²) in [6.45, 7) is 0.430. The van der Waals surface area contributed by atoms with Gasteiger partial charge < -0.3 is 11.1 Å². The van der Waals surface area contributed by atoms with Crippen molar-refractivity contribution in [1.29, 1.82) is 0 Å². The molecule has 0 saturated heterocycles. The van der Waals surface area contributed by atoms with Gasteiger partial charge in [0.25, 0.3) is 0 Å². The van der Waals surface area contributed by atoms with Crippen LogP contribution in [-0.4, -0.2) is 25.7 Å². The molecule has 0 radical (unpaired) electrons. The third kappa shape index (κ3) is 8.97. The van der Waals surface area contributed by atoms with Crippen molar-refractivity contribution in [3.05, 3.63) is 0 Å². The second kappa shape index (κ2) is 5.66. The van der Waals surface area contributed by atoms with Gasteiger partial charge in [0.1, 0.15) is 0 Å². The first kappa shape index (κ1) is 12.1. The minimum absolute atomic E-state index is 0.119. The van der Waals surface area contributed by atoms with Crippen molar-refractivity contribution in [1.82, 2.24) is 5.32 Å². The van der Waals surface area contributed by atoms with E-state index in [1.54, 1.807) is 0 Å². The standard InChI is InChI=1S/C7H14F3N3/c1-12-6(11)13-5-3-2-4-7(8,9)10/h2-5H2,1H3,(H3,11,12,13). The Bertz CT molecular complexity index is 165. The minimum atomic E-state index is -4.05. The van der Waals surface area contributed by atoms with Crippen LogP contribution in [0.4, 0.5) is 13.2 Å². The molecule has 78 valence electrons. The highest BCUT2D eigenvalue weighted by molar-refractivity contribution is 5.77. The van der Waals surface area contributed by atoms with Gasteiger partial charge >= 0.3 is 6.18 Å². The normalized spacial score (nSPS) is 13.1. The van der Waals surface area contributed by atoms with E-state index in [9.17, 15) is 13.2 Å². The first-order valence-electron chi connectivity index (χ1n) is 3.98. The van der Waals surface area contributed by atoms with E-state index in [1.807, 2.05) is 0 Å². The molecule has 0 aliphatic rings. The van der Waals surface area contributed by atoms with Crippen molar-refractivity contribution >= 4 is 5.96 Å². The van der Waals surface area contributed by atoms with Crippen molar-refractivity contribution in [2.24, 2.45) is 10.7 Å². The summed E-state index contributed by atoms with van der Waals surface area (Å²) in [6.07, 6.45) is -4.23. The Kier molecular flexibility index (Phi) is 5.25. The molecule has 0 amide bonds. The molecule has 3 N–H and O–H groups in total. The largest absolute Gasteiger partial charge is 0.389 e. The summed E-state index contributed by atoms with van der Waals surface area (Å²) in [6, 6.07) is 0. The maximum Gasteiger partial charge on any atom is 0.389 e. The van der Waals surface area contributed by atoms with Crippen LogP contribution in [0.3, 0.4) is 0 Å². The monoisotopic (exact) mass is 197 g/mol. The molecule has 0 aromatic heterocycles. The summed E-state index contributed by atoms with van der Waals surface area (Å²) in [5.41, 5.74) is 5.26. The molecule has 0 aromatic rings. The molecule has 0 heterocycles. The zero-order chi connectivity index (χ0) is 10.3. The predicted octanol–water partition coefficient (Wildman–Crippen LogP) is 1.25. The van der Waals surface area contributed by atoms with Crippen LogP contribution in [0.5, 0.6) is 0 Å². The highest BCUT2D eigenvalue weighted by atomic mass is 19.4. The van der Waals surface area contributed by atoms with Gasteiger partial charge in [-0.25, -0.2) is 0 Å². The van der Waals surface area contributed by atoms with Crippen LogP contribution in [0.15, 0.2) is 4.99 Å². The summed E-state index contributed by atoms with van der Waals surface area (Å²) in [7, 11) is 1.51. The molecule has 0 aromatic carbocycles. The molecular formula is C7H14F3N3. The molecule has 0 rings (SSSR count). The predicted molar refractivity (Wildman–Crippen MR) is 45.5 cm³/mol. The number of halogens is 3. The minimum Gasteiger partial charge on any atom is -0.370 e. The van der Waals surface area contributed by atoms with Crippen LogP contribution in [-0.2, 0) is 0 Å². The molecule has 0 aliphatic heterocycles. The molecule has 0 fully saturated rings. The number of nitrogens with two attached hydrogens (primary N) is 1. The molecule has 0 aliphatic carbocycles. The summed E-state index contributed by atoms with van der Waals surface area (Å²) >= 11 is 0. The number of unbranched alkanes of at least 4 members (excludes halogenated alkanes) is 1.